The predicted octanol–water partition coefficient (Wildman–Crippen LogP) is 7.83. The molecule has 6 rings (SSSR count). The maximum absolute atomic E-state index is 9.22. The van der Waals surface area contributed by atoms with Gasteiger partial charge in [0.25, 0.3) is 0 Å². The molecule has 6 aromatic rings. The number of rotatable bonds is 3. The van der Waals surface area contributed by atoms with Gasteiger partial charge < -0.3 is 0 Å². The summed E-state index contributed by atoms with van der Waals surface area (Å²) >= 11 is 6.25. The van der Waals surface area contributed by atoms with E-state index in [-0.39, 0.29) is 44.6 Å². The number of hydrogen-bond donors (Lipinski definition) is 0. The van der Waals surface area contributed by atoms with Crippen molar-refractivity contribution in [2.45, 2.75) is 0 Å². The second-order valence-electron chi connectivity index (χ2n) is 7.18. The van der Waals surface area contributed by atoms with Crippen LogP contribution in [-0.2, 0) is 0 Å². The van der Waals surface area contributed by atoms with Crippen molar-refractivity contribution in [2.24, 2.45) is 0 Å². The third-order valence-corrected chi connectivity index (χ3v) is 5.33. The van der Waals surface area contributed by atoms with E-state index in [9.17, 15) is 1.37 Å². The summed E-state index contributed by atoms with van der Waals surface area (Å²) in [5.41, 5.74) is 1.03. The molecule has 0 atom stereocenters. The second-order valence-corrected chi connectivity index (χ2v) is 7.62. The normalized spacial score (nSPS) is 15.0. The van der Waals surface area contributed by atoms with E-state index < -0.39 is 54.4 Å². The summed E-state index contributed by atoms with van der Waals surface area (Å²) in [5, 5.41) is -0.243. The Labute approximate surface area is 209 Å². The van der Waals surface area contributed by atoms with Gasteiger partial charge in [-0.1, -0.05) is 102 Å². The van der Waals surface area contributed by atoms with Crippen LogP contribution < -0.4 is 0 Å². The van der Waals surface area contributed by atoms with Gasteiger partial charge in [0.1, 0.15) is 0 Å². The summed E-state index contributed by atoms with van der Waals surface area (Å²) in [5.74, 6) is 0.303. The van der Waals surface area contributed by atoms with Gasteiger partial charge in [-0.25, -0.2) is 15.0 Å². The topological polar surface area (TPSA) is 38.7 Å². The molecule has 0 amide bonds. The van der Waals surface area contributed by atoms with E-state index in [0.29, 0.717) is 16.1 Å². The fourth-order valence-electron chi connectivity index (χ4n) is 3.60. The average molecular weight is 453 g/mol. The smallest absolute Gasteiger partial charge is 0.164 e. The second kappa shape index (κ2) is 8.12. The van der Waals surface area contributed by atoms with Crippen LogP contribution in [-0.4, -0.2) is 15.0 Å². The first kappa shape index (κ1) is 12.2. The third-order valence-electron chi connectivity index (χ3n) is 5.10. The van der Waals surface area contributed by atoms with Crippen LogP contribution in [0.4, 0.5) is 0 Å². The standard InChI is InChI=1S/C29H18ClN3/c30-22-13-8-12-21(17-22)28-31-27(19-9-2-1-3-10-19)32-29(33-28)26-18-20-11-4-5-14-23(20)24-15-6-7-16-25(24)26/h1-18H/i4D,5D,6D,7D,11D,14D,15D,16D,18D. The summed E-state index contributed by atoms with van der Waals surface area (Å²) < 4.78 is 77.2. The number of hydrogen-bond acceptors (Lipinski definition) is 3. The van der Waals surface area contributed by atoms with E-state index in [4.69, 9.17) is 22.6 Å². The number of nitrogens with zero attached hydrogens (tertiary/aromatic N) is 3. The van der Waals surface area contributed by atoms with Gasteiger partial charge in [-0.05, 0) is 39.7 Å². The molecule has 5 aromatic carbocycles. The number of fused-ring (bicyclic) bond motifs is 3. The molecule has 3 nitrogen and oxygen atoms in total. The minimum absolute atomic E-state index is 0.104. The molecule has 0 radical (unpaired) electrons. The molecule has 0 N–H and O–H groups in total. The molecule has 0 aliphatic heterocycles. The molecule has 0 saturated carbocycles. The molecule has 0 unspecified atom stereocenters. The van der Waals surface area contributed by atoms with Crippen LogP contribution in [0.3, 0.4) is 0 Å². The van der Waals surface area contributed by atoms with Crippen LogP contribution in [0.1, 0.15) is 12.3 Å². The van der Waals surface area contributed by atoms with E-state index in [0.717, 1.165) is 0 Å². The number of aromatic nitrogens is 3. The Balaban J connectivity index is 1.86. The van der Waals surface area contributed by atoms with E-state index >= 15 is 0 Å². The number of benzene rings is 5. The van der Waals surface area contributed by atoms with Crippen LogP contribution in [0.2, 0.25) is 5.02 Å². The van der Waals surface area contributed by atoms with E-state index in [1.54, 1.807) is 48.5 Å². The Morgan fingerprint density at radius 1 is 0.606 bits per heavy atom. The van der Waals surface area contributed by atoms with Gasteiger partial charge in [0.05, 0.1) is 12.3 Å². The first-order valence-electron chi connectivity index (χ1n) is 14.5. The minimum atomic E-state index is -0.580. The van der Waals surface area contributed by atoms with Gasteiger partial charge >= 0.3 is 0 Å². The molecule has 4 heteroatoms. The fraction of sp³-hybridized carbons (Fsp3) is 0. The summed E-state index contributed by atoms with van der Waals surface area (Å²) in [4.78, 5) is 13.9. The molecule has 0 saturated heterocycles. The summed E-state index contributed by atoms with van der Waals surface area (Å²) in [6, 6.07) is 11.0. The largest absolute Gasteiger partial charge is 0.208 e. The van der Waals surface area contributed by atoms with Crippen molar-refractivity contribution in [3.8, 4) is 34.2 Å². The maximum Gasteiger partial charge on any atom is 0.164 e. The Bertz CT molecular complexity index is 2100. The monoisotopic (exact) mass is 452 g/mol. The molecule has 0 aliphatic rings. The molecule has 33 heavy (non-hydrogen) atoms. The lowest BCUT2D eigenvalue weighted by Crippen LogP contribution is -2.00. The zero-order valence-electron chi connectivity index (χ0n) is 25.9. The van der Waals surface area contributed by atoms with Crippen LogP contribution in [0, 0.1) is 0 Å². The van der Waals surface area contributed by atoms with Crippen LogP contribution >= 0.6 is 11.6 Å². The van der Waals surface area contributed by atoms with Gasteiger partial charge in [-0.15, -0.1) is 0 Å². The Kier molecular flexibility index (Phi) is 3.01. The van der Waals surface area contributed by atoms with Crippen LogP contribution in [0.25, 0.3) is 55.7 Å². The van der Waals surface area contributed by atoms with Crippen molar-refractivity contribution >= 4 is 33.1 Å². The first-order valence-corrected chi connectivity index (χ1v) is 10.4. The zero-order chi connectivity index (χ0) is 30.0. The highest BCUT2D eigenvalue weighted by molar-refractivity contribution is 6.30. The van der Waals surface area contributed by atoms with Gasteiger partial charge in [-0.3, -0.25) is 0 Å². The minimum Gasteiger partial charge on any atom is -0.208 e. The van der Waals surface area contributed by atoms with Crippen molar-refractivity contribution in [2.75, 3.05) is 0 Å². The number of halogens is 1. The Hall–Kier alpha value is -4.08. The lowest BCUT2D eigenvalue weighted by Gasteiger charge is -2.12. The summed E-state index contributed by atoms with van der Waals surface area (Å²) in [6.07, 6.45) is 0. The lowest BCUT2D eigenvalue weighted by molar-refractivity contribution is 1.08. The van der Waals surface area contributed by atoms with Crippen LogP contribution in [0.5, 0.6) is 0 Å². The first-order chi connectivity index (χ1) is 20.0. The highest BCUT2D eigenvalue weighted by Crippen LogP contribution is 2.35. The van der Waals surface area contributed by atoms with E-state index in [1.165, 1.54) is 0 Å². The molecule has 156 valence electrons. The molecular weight excluding hydrogens is 426 g/mol. The van der Waals surface area contributed by atoms with Gasteiger partial charge in [-0.2, -0.15) is 0 Å². The SMILES string of the molecule is [2H]c1c([2H])c([2H])c2c(c1[2H])c([2H])c(-c1nc(-c3ccccc3)nc(-c3cccc(Cl)c3)n1)c1c([2H])c([2H])c([2H])c([2H])c12. The maximum atomic E-state index is 9.22. The molecular formula is C29H18ClN3. The molecule has 0 spiro atoms. The zero-order valence-corrected chi connectivity index (χ0v) is 17.7. The van der Waals surface area contributed by atoms with Crippen molar-refractivity contribution in [1.29, 1.82) is 0 Å². The van der Waals surface area contributed by atoms with Crippen molar-refractivity contribution in [3.05, 3.63) is 114 Å². The highest BCUT2D eigenvalue weighted by Gasteiger charge is 2.15. The van der Waals surface area contributed by atoms with E-state index in [2.05, 4.69) is 15.0 Å². The lowest BCUT2D eigenvalue weighted by atomic mass is 9.97. The molecule has 0 bridgehead atoms. The summed E-state index contributed by atoms with van der Waals surface area (Å²) in [6.45, 7) is 0. The summed E-state index contributed by atoms with van der Waals surface area (Å²) in [7, 11) is 0. The van der Waals surface area contributed by atoms with Crippen molar-refractivity contribution in [3.63, 3.8) is 0 Å². The fourth-order valence-corrected chi connectivity index (χ4v) is 3.79. The Morgan fingerprint density at radius 2 is 1.24 bits per heavy atom. The van der Waals surface area contributed by atoms with E-state index in [1.807, 2.05) is 6.07 Å². The molecule has 0 fully saturated rings. The quantitative estimate of drug-likeness (QED) is 0.257. The average Bonchev–Trinajstić information content (AvgIpc) is 3.00. The third kappa shape index (κ3) is 3.63. The Morgan fingerprint density at radius 3 is 2.03 bits per heavy atom. The van der Waals surface area contributed by atoms with Gasteiger partial charge in [0, 0.05) is 21.7 Å². The molecule has 1 aromatic heterocycles. The van der Waals surface area contributed by atoms with Gasteiger partial charge in [0.15, 0.2) is 17.5 Å². The van der Waals surface area contributed by atoms with Gasteiger partial charge in [0.2, 0.25) is 0 Å². The molecule has 0 aliphatic carbocycles. The highest BCUT2D eigenvalue weighted by atomic mass is 35.5. The predicted molar refractivity (Wildman–Crippen MR) is 136 cm³/mol. The van der Waals surface area contributed by atoms with Crippen molar-refractivity contribution < 1.29 is 12.3 Å². The van der Waals surface area contributed by atoms with Crippen molar-refractivity contribution in [1.82, 2.24) is 15.0 Å². The molecule has 1 heterocycles. The van der Waals surface area contributed by atoms with Crippen LogP contribution in [0.15, 0.2) is 109 Å².